The Morgan fingerprint density at radius 1 is 1.21 bits per heavy atom. The summed E-state index contributed by atoms with van der Waals surface area (Å²) in [6.07, 6.45) is 6.60. The monoisotopic (exact) mass is 464 g/mol. The fourth-order valence-electron chi connectivity index (χ4n) is 3.55. The van der Waals surface area contributed by atoms with Gasteiger partial charge in [-0.3, -0.25) is 9.59 Å². The number of carbonyl (C=O) groups excluding carboxylic acids is 4. The van der Waals surface area contributed by atoms with Crippen LogP contribution in [0.25, 0.3) is 0 Å². The third kappa shape index (κ3) is 7.45. The molecule has 0 spiro atoms. The molecule has 33 heavy (non-hydrogen) atoms. The van der Waals surface area contributed by atoms with E-state index in [9.17, 15) is 19.2 Å². The lowest BCUT2D eigenvalue weighted by Gasteiger charge is -2.30. The Balaban J connectivity index is 2.00. The molecular weight excluding hydrogens is 432 g/mol. The molecule has 0 radical (unpaired) electrons. The number of allylic oxidation sites excluding steroid dienone is 1. The second-order valence-corrected chi connectivity index (χ2v) is 7.89. The molecule has 2 N–H and O–H groups in total. The molecule has 1 amide bonds. The van der Waals surface area contributed by atoms with Gasteiger partial charge in [-0.2, -0.15) is 0 Å². The van der Waals surface area contributed by atoms with E-state index in [1.54, 1.807) is 30.3 Å². The summed E-state index contributed by atoms with van der Waals surface area (Å²) in [5, 5.41) is 0. The molecule has 0 aromatic carbocycles. The quantitative estimate of drug-likeness (QED) is 0.291. The van der Waals surface area contributed by atoms with Gasteiger partial charge < -0.3 is 29.6 Å². The first-order chi connectivity index (χ1) is 15.7. The molecular formula is C23H32N2O8. The van der Waals surface area contributed by atoms with E-state index in [1.807, 2.05) is 13.8 Å². The third-order valence-corrected chi connectivity index (χ3v) is 5.47. The number of nitrogens with zero attached hydrogens (tertiary/aromatic N) is 1. The van der Waals surface area contributed by atoms with Gasteiger partial charge in [-0.15, -0.1) is 0 Å². The molecule has 1 fully saturated rings. The minimum atomic E-state index is -0.732. The first kappa shape index (κ1) is 26.1. The summed E-state index contributed by atoms with van der Waals surface area (Å²) in [5.41, 5.74) is 5.77. The van der Waals surface area contributed by atoms with Crippen molar-refractivity contribution in [3.8, 4) is 0 Å². The number of primary amides is 1. The maximum absolute atomic E-state index is 12.1. The number of nitrogens with two attached hydrogens (primary N) is 1. The molecule has 182 valence electrons. The normalized spacial score (nSPS) is 24.6. The van der Waals surface area contributed by atoms with Crippen LogP contribution in [0.3, 0.4) is 0 Å². The van der Waals surface area contributed by atoms with Gasteiger partial charge in [-0.1, -0.05) is 26.8 Å². The van der Waals surface area contributed by atoms with Gasteiger partial charge in [-0.25, -0.2) is 9.59 Å². The molecule has 10 nitrogen and oxygen atoms in total. The number of hydrogen-bond acceptors (Lipinski definition) is 9. The van der Waals surface area contributed by atoms with E-state index in [-0.39, 0.29) is 18.6 Å². The standard InChI is InChI=1S/C23H32N2O8/c1-5-17(6-2)32-20(28)10-9-19(27)30-13-18-14(3)21(31-15(4)26)23(33-18)25-11-7-8-16(12-25)22(24)29/h7,9-12,14,17-18,21,23H,5-6,8,13H2,1-4H3,(H2,24,29)/b10-9+/t14-,18-,21?,23-/m1/s1. The number of carbonyl (C=O) groups is 4. The number of hydrogen-bond donors (Lipinski definition) is 1. The molecule has 1 unspecified atom stereocenters. The van der Waals surface area contributed by atoms with Crippen molar-refractivity contribution in [2.24, 2.45) is 11.7 Å². The highest BCUT2D eigenvalue weighted by Gasteiger charge is 2.47. The lowest BCUT2D eigenvalue weighted by molar-refractivity contribution is -0.155. The summed E-state index contributed by atoms with van der Waals surface area (Å²) < 4.78 is 21.9. The molecule has 10 heteroatoms. The molecule has 2 rings (SSSR count). The highest BCUT2D eigenvalue weighted by molar-refractivity contribution is 5.92. The van der Waals surface area contributed by atoms with Crippen LogP contribution < -0.4 is 5.73 Å². The van der Waals surface area contributed by atoms with Gasteiger partial charge in [0.25, 0.3) is 0 Å². The maximum atomic E-state index is 12.1. The summed E-state index contributed by atoms with van der Waals surface area (Å²) in [7, 11) is 0. The Hall–Kier alpha value is -3.14. The molecule has 0 saturated carbocycles. The Morgan fingerprint density at radius 2 is 1.88 bits per heavy atom. The van der Waals surface area contributed by atoms with Crippen LogP contribution in [0, 0.1) is 5.92 Å². The molecule has 0 aliphatic carbocycles. The number of amides is 1. The van der Waals surface area contributed by atoms with E-state index in [0.717, 1.165) is 12.2 Å². The van der Waals surface area contributed by atoms with E-state index < -0.39 is 42.3 Å². The van der Waals surface area contributed by atoms with Crippen molar-refractivity contribution in [2.75, 3.05) is 6.61 Å². The maximum Gasteiger partial charge on any atom is 0.331 e. The van der Waals surface area contributed by atoms with Crippen LogP contribution in [-0.2, 0) is 38.1 Å². The number of ether oxygens (including phenoxy) is 4. The zero-order valence-corrected chi connectivity index (χ0v) is 19.4. The lowest BCUT2D eigenvalue weighted by atomic mass is 10.00. The highest BCUT2D eigenvalue weighted by atomic mass is 16.6. The third-order valence-electron chi connectivity index (χ3n) is 5.47. The Labute approximate surface area is 193 Å². The molecule has 2 aliphatic heterocycles. The van der Waals surface area contributed by atoms with Crippen molar-refractivity contribution in [1.82, 2.24) is 4.90 Å². The van der Waals surface area contributed by atoms with Gasteiger partial charge in [0.2, 0.25) is 5.91 Å². The van der Waals surface area contributed by atoms with Crippen LogP contribution in [0.2, 0.25) is 0 Å². The van der Waals surface area contributed by atoms with Crippen molar-refractivity contribution in [3.05, 3.63) is 36.2 Å². The molecule has 0 aromatic rings. The van der Waals surface area contributed by atoms with Gasteiger partial charge in [0, 0.05) is 43.0 Å². The van der Waals surface area contributed by atoms with Gasteiger partial charge in [0.1, 0.15) is 18.8 Å². The zero-order valence-electron chi connectivity index (χ0n) is 19.4. The van der Waals surface area contributed by atoms with Crippen LogP contribution in [0.5, 0.6) is 0 Å². The van der Waals surface area contributed by atoms with Crippen LogP contribution in [-0.4, -0.2) is 59.9 Å². The van der Waals surface area contributed by atoms with Crippen molar-refractivity contribution in [3.63, 3.8) is 0 Å². The molecule has 0 aromatic heterocycles. The van der Waals surface area contributed by atoms with E-state index in [2.05, 4.69) is 0 Å². The second kappa shape index (κ2) is 12.2. The number of esters is 3. The summed E-state index contributed by atoms with van der Waals surface area (Å²) in [4.78, 5) is 48.7. The average Bonchev–Trinajstić information content (AvgIpc) is 3.09. The minimum absolute atomic E-state index is 0.121. The Bertz CT molecular complexity index is 830. The fourth-order valence-corrected chi connectivity index (χ4v) is 3.55. The van der Waals surface area contributed by atoms with Gasteiger partial charge >= 0.3 is 17.9 Å². The predicted molar refractivity (Wildman–Crippen MR) is 117 cm³/mol. The van der Waals surface area contributed by atoms with Crippen molar-refractivity contribution in [2.45, 2.75) is 71.5 Å². The van der Waals surface area contributed by atoms with Crippen LogP contribution in [0.15, 0.2) is 36.2 Å². The summed E-state index contributed by atoms with van der Waals surface area (Å²) >= 11 is 0. The van der Waals surface area contributed by atoms with Crippen LogP contribution in [0.4, 0.5) is 0 Å². The first-order valence-electron chi connectivity index (χ1n) is 11.0. The molecule has 1 saturated heterocycles. The SMILES string of the molecule is CCC(CC)OC(=O)/C=C/C(=O)OC[C@H]1O[C@@H](N2C=CCC(C(N)=O)=C2)C(OC(C)=O)[C@@H]1C. The van der Waals surface area contributed by atoms with Gasteiger partial charge in [0.15, 0.2) is 12.3 Å². The zero-order chi connectivity index (χ0) is 24.5. The fraction of sp³-hybridized carbons (Fsp3) is 0.565. The molecule has 2 heterocycles. The topological polar surface area (TPSA) is 134 Å². The second-order valence-electron chi connectivity index (χ2n) is 7.89. The van der Waals surface area contributed by atoms with Crippen LogP contribution >= 0.6 is 0 Å². The molecule has 4 atom stereocenters. The predicted octanol–water partition coefficient (Wildman–Crippen LogP) is 1.70. The first-order valence-corrected chi connectivity index (χ1v) is 11.0. The van der Waals surface area contributed by atoms with E-state index in [4.69, 9.17) is 24.7 Å². The van der Waals surface area contributed by atoms with Gasteiger partial charge in [-0.05, 0) is 19.3 Å². The molecule has 2 aliphatic rings. The largest absolute Gasteiger partial charge is 0.460 e. The summed E-state index contributed by atoms with van der Waals surface area (Å²) in [5.74, 6) is -2.71. The van der Waals surface area contributed by atoms with E-state index in [0.29, 0.717) is 24.8 Å². The van der Waals surface area contributed by atoms with Crippen molar-refractivity contribution < 1.29 is 38.1 Å². The summed E-state index contributed by atoms with van der Waals surface area (Å²) in [6.45, 7) is 6.79. The van der Waals surface area contributed by atoms with E-state index in [1.165, 1.54) is 6.92 Å². The summed E-state index contributed by atoms with van der Waals surface area (Å²) in [6, 6.07) is 0. The smallest absolute Gasteiger partial charge is 0.331 e. The van der Waals surface area contributed by atoms with Gasteiger partial charge in [0.05, 0.1) is 0 Å². The lowest BCUT2D eigenvalue weighted by Crippen LogP contribution is -2.40. The van der Waals surface area contributed by atoms with Crippen molar-refractivity contribution in [1.29, 1.82) is 0 Å². The van der Waals surface area contributed by atoms with Crippen molar-refractivity contribution >= 4 is 23.8 Å². The highest BCUT2D eigenvalue weighted by Crippen LogP contribution is 2.33. The molecule has 0 bridgehead atoms. The van der Waals surface area contributed by atoms with E-state index >= 15 is 0 Å². The Kier molecular flexibility index (Phi) is 9.65. The average molecular weight is 465 g/mol. The number of rotatable bonds is 10. The Morgan fingerprint density at radius 3 is 2.48 bits per heavy atom. The van der Waals surface area contributed by atoms with Crippen LogP contribution in [0.1, 0.15) is 47.0 Å². The minimum Gasteiger partial charge on any atom is -0.460 e.